The highest BCUT2D eigenvalue weighted by atomic mass is 19.1. The fourth-order valence-electron chi connectivity index (χ4n) is 5.10. The van der Waals surface area contributed by atoms with Crippen LogP contribution < -0.4 is 29.7 Å². The number of fused-ring (bicyclic) bond motifs is 1. The number of anilines is 1. The fourth-order valence-corrected chi connectivity index (χ4v) is 5.10. The number of piperidine rings is 1. The molecule has 3 aromatic carbocycles. The summed E-state index contributed by atoms with van der Waals surface area (Å²) < 4.78 is 38.4. The standard InChI is InChI=1S/C33H36FN5O5/c1-41-24-10-6-9-23(19-24)22-37-39(33(35)40)28-12-7-11-26(34)32(28)44-29-13-14-36-27-21-31(30(42-2)20-25(27)29)43-18-8-17-38-15-4-3-5-16-38/h6-7,9-14,19-22H,3-5,8,15-18H2,1-2H3,(H2,35,40)/b37-22+. The molecule has 0 spiro atoms. The number of hydrogen-bond donors (Lipinski definition) is 1. The van der Waals surface area contributed by atoms with Gasteiger partial charge in [0.05, 0.1) is 32.6 Å². The summed E-state index contributed by atoms with van der Waals surface area (Å²) in [5.41, 5.74) is 6.89. The number of carbonyl (C=O) groups excluding carboxylic acids is 1. The number of rotatable bonds is 12. The van der Waals surface area contributed by atoms with E-state index in [4.69, 9.17) is 24.7 Å². The Morgan fingerprint density at radius 2 is 1.84 bits per heavy atom. The van der Waals surface area contributed by atoms with E-state index < -0.39 is 11.8 Å². The second kappa shape index (κ2) is 14.5. The number of pyridine rings is 1. The molecule has 2 heterocycles. The van der Waals surface area contributed by atoms with Crippen LogP contribution in [0.3, 0.4) is 0 Å². The molecular formula is C33H36FN5O5. The molecule has 2 N–H and O–H groups in total. The van der Waals surface area contributed by atoms with E-state index in [9.17, 15) is 4.79 Å². The minimum atomic E-state index is -0.928. The number of primary amides is 1. The molecule has 44 heavy (non-hydrogen) atoms. The maximum atomic E-state index is 15.3. The van der Waals surface area contributed by atoms with Crippen LogP contribution in [0.4, 0.5) is 14.9 Å². The van der Waals surface area contributed by atoms with Gasteiger partial charge >= 0.3 is 6.03 Å². The van der Waals surface area contributed by atoms with Gasteiger partial charge < -0.3 is 29.6 Å². The van der Waals surface area contributed by atoms with E-state index in [0.29, 0.717) is 40.3 Å². The summed E-state index contributed by atoms with van der Waals surface area (Å²) >= 11 is 0. The molecule has 5 rings (SSSR count). The van der Waals surface area contributed by atoms with Gasteiger partial charge in [-0.3, -0.25) is 4.98 Å². The fraction of sp³-hybridized carbons (Fsp3) is 0.303. The Bertz CT molecular complexity index is 1630. The van der Waals surface area contributed by atoms with E-state index in [-0.39, 0.29) is 17.2 Å². The third-order valence-corrected chi connectivity index (χ3v) is 7.32. The van der Waals surface area contributed by atoms with E-state index in [1.165, 1.54) is 43.7 Å². The number of benzene rings is 3. The quantitative estimate of drug-likeness (QED) is 0.114. The number of nitrogens with zero attached hydrogens (tertiary/aromatic N) is 4. The van der Waals surface area contributed by atoms with Crippen molar-refractivity contribution in [2.24, 2.45) is 10.8 Å². The lowest BCUT2D eigenvalue weighted by molar-refractivity contribution is 0.203. The van der Waals surface area contributed by atoms with Gasteiger partial charge in [-0.1, -0.05) is 24.6 Å². The predicted molar refractivity (Wildman–Crippen MR) is 168 cm³/mol. The van der Waals surface area contributed by atoms with Crippen molar-refractivity contribution in [3.05, 3.63) is 78.2 Å². The van der Waals surface area contributed by atoms with Gasteiger partial charge in [0.2, 0.25) is 0 Å². The van der Waals surface area contributed by atoms with Crippen molar-refractivity contribution in [3.8, 4) is 28.7 Å². The number of amides is 2. The Kier molecular flexibility index (Phi) is 10.1. The Morgan fingerprint density at radius 1 is 1.02 bits per heavy atom. The summed E-state index contributed by atoms with van der Waals surface area (Å²) in [7, 11) is 3.10. The molecule has 0 atom stereocenters. The first-order valence-corrected chi connectivity index (χ1v) is 14.5. The van der Waals surface area contributed by atoms with Gasteiger partial charge in [0.1, 0.15) is 17.2 Å². The number of hydrogen-bond acceptors (Lipinski definition) is 8. The topological polar surface area (TPSA) is 112 Å². The molecule has 0 bridgehead atoms. The van der Waals surface area contributed by atoms with Gasteiger partial charge in [-0.2, -0.15) is 10.1 Å². The number of methoxy groups -OCH3 is 2. The summed E-state index contributed by atoms with van der Waals surface area (Å²) in [6.07, 6.45) is 7.67. The van der Waals surface area contributed by atoms with Crippen LogP contribution in [0.15, 0.2) is 72.0 Å². The molecule has 0 radical (unpaired) electrons. The number of urea groups is 1. The zero-order chi connectivity index (χ0) is 30.9. The van der Waals surface area contributed by atoms with Gasteiger partial charge in [0.15, 0.2) is 23.1 Å². The first-order valence-electron chi connectivity index (χ1n) is 14.5. The molecule has 4 aromatic rings. The van der Waals surface area contributed by atoms with Crippen molar-refractivity contribution in [3.63, 3.8) is 0 Å². The van der Waals surface area contributed by atoms with Crippen molar-refractivity contribution in [2.45, 2.75) is 25.7 Å². The maximum Gasteiger partial charge on any atom is 0.340 e. The van der Waals surface area contributed by atoms with Crippen LogP contribution in [0.5, 0.6) is 28.7 Å². The van der Waals surface area contributed by atoms with Crippen LogP contribution in [-0.4, -0.2) is 62.6 Å². The maximum absolute atomic E-state index is 15.3. The van der Waals surface area contributed by atoms with E-state index in [0.717, 1.165) is 31.1 Å². The summed E-state index contributed by atoms with van der Waals surface area (Å²) in [4.78, 5) is 19.4. The third kappa shape index (κ3) is 7.35. The average molecular weight is 602 g/mol. The van der Waals surface area contributed by atoms with Gasteiger partial charge in [-0.05, 0) is 74.3 Å². The molecule has 1 aliphatic heterocycles. The molecule has 11 heteroatoms. The van der Waals surface area contributed by atoms with Crippen molar-refractivity contribution in [1.29, 1.82) is 0 Å². The van der Waals surface area contributed by atoms with Gasteiger partial charge in [0, 0.05) is 24.2 Å². The number of nitrogens with two attached hydrogens (primary N) is 1. The van der Waals surface area contributed by atoms with Crippen LogP contribution in [0.2, 0.25) is 0 Å². The first-order chi connectivity index (χ1) is 21.5. The number of ether oxygens (including phenoxy) is 4. The first kappa shape index (κ1) is 30.6. The summed E-state index contributed by atoms with van der Waals surface area (Å²) in [6.45, 7) is 3.80. The van der Waals surface area contributed by atoms with Crippen LogP contribution in [-0.2, 0) is 0 Å². The zero-order valence-corrected chi connectivity index (χ0v) is 24.9. The lowest BCUT2D eigenvalue weighted by Gasteiger charge is -2.26. The molecule has 0 saturated carbocycles. The lowest BCUT2D eigenvalue weighted by atomic mass is 10.1. The summed E-state index contributed by atoms with van der Waals surface area (Å²) in [5, 5.41) is 5.66. The molecule has 1 fully saturated rings. The monoisotopic (exact) mass is 601 g/mol. The Labute approximate surface area is 255 Å². The van der Waals surface area contributed by atoms with Crippen LogP contribution >= 0.6 is 0 Å². The third-order valence-electron chi connectivity index (χ3n) is 7.32. The molecule has 10 nitrogen and oxygen atoms in total. The number of halogens is 1. The smallest absolute Gasteiger partial charge is 0.340 e. The van der Waals surface area contributed by atoms with Crippen LogP contribution in [0, 0.1) is 5.82 Å². The van der Waals surface area contributed by atoms with Crippen LogP contribution in [0.1, 0.15) is 31.2 Å². The normalized spacial score (nSPS) is 13.6. The summed E-state index contributed by atoms with van der Waals surface area (Å²) in [5.74, 6) is 0.998. The number of carbonyl (C=O) groups is 1. The molecule has 1 aromatic heterocycles. The minimum Gasteiger partial charge on any atom is -0.497 e. The molecule has 2 amide bonds. The lowest BCUT2D eigenvalue weighted by Crippen LogP contribution is -2.31. The molecule has 0 aliphatic carbocycles. The molecule has 1 saturated heterocycles. The van der Waals surface area contributed by atoms with E-state index >= 15 is 4.39 Å². The van der Waals surface area contributed by atoms with E-state index in [1.807, 2.05) is 0 Å². The minimum absolute atomic E-state index is 0.0160. The predicted octanol–water partition coefficient (Wildman–Crippen LogP) is 6.36. The van der Waals surface area contributed by atoms with Crippen molar-refractivity contribution < 1.29 is 28.1 Å². The van der Waals surface area contributed by atoms with Crippen molar-refractivity contribution in [2.75, 3.05) is 45.5 Å². The number of aromatic nitrogens is 1. The largest absolute Gasteiger partial charge is 0.497 e. The zero-order valence-electron chi connectivity index (χ0n) is 24.9. The highest BCUT2D eigenvalue weighted by Gasteiger charge is 2.22. The van der Waals surface area contributed by atoms with E-state index in [1.54, 1.807) is 62.9 Å². The van der Waals surface area contributed by atoms with Crippen LogP contribution in [0.25, 0.3) is 10.9 Å². The number of hydrazone groups is 1. The summed E-state index contributed by atoms with van der Waals surface area (Å²) in [6, 6.07) is 15.4. The van der Waals surface area contributed by atoms with Gasteiger partial charge in [0.25, 0.3) is 0 Å². The number of likely N-dealkylation sites (tertiary alicyclic amines) is 1. The van der Waals surface area contributed by atoms with Crippen molar-refractivity contribution in [1.82, 2.24) is 9.88 Å². The molecule has 230 valence electrons. The Balaban J connectivity index is 1.40. The number of para-hydroxylation sites is 1. The Hall–Kier alpha value is -4.90. The van der Waals surface area contributed by atoms with E-state index in [2.05, 4.69) is 15.0 Å². The molecular weight excluding hydrogens is 565 g/mol. The van der Waals surface area contributed by atoms with Crippen molar-refractivity contribution >= 4 is 28.8 Å². The Morgan fingerprint density at radius 3 is 2.61 bits per heavy atom. The SMILES string of the molecule is COc1cccc(/C=N/N(C(N)=O)c2cccc(F)c2Oc2ccnc3cc(OCCCN4CCCCC4)c(OC)cc23)c1. The highest BCUT2D eigenvalue weighted by Crippen LogP contribution is 2.40. The second-order valence-electron chi connectivity index (χ2n) is 10.3. The van der Waals surface area contributed by atoms with Gasteiger partial charge in [-0.25, -0.2) is 9.18 Å². The average Bonchev–Trinajstić information content (AvgIpc) is 3.04. The second-order valence-corrected chi connectivity index (χ2v) is 10.3. The molecule has 0 unspecified atom stereocenters. The van der Waals surface area contributed by atoms with Gasteiger partial charge in [-0.15, -0.1) is 0 Å². The highest BCUT2D eigenvalue weighted by molar-refractivity contribution is 5.95. The molecule has 1 aliphatic rings.